The smallest absolute Gasteiger partial charge is 0.124 e. The number of aromatic hydroxyl groups is 1. The van der Waals surface area contributed by atoms with Crippen molar-refractivity contribution in [2.75, 3.05) is 13.7 Å². The number of aliphatic imine (C=N–C) groups is 1. The van der Waals surface area contributed by atoms with Crippen LogP contribution in [0.25, 0.3) is 0 Å². The molecule has 0 heterocycles. The van der Waals surface area contributed by atoms with Crippen molar-refractivity contribution < 1.29 is 9.84 Å². The van der Waals surface area contributed by atoms with Gasteiger partial charge in [0.15, 0.2) is 0 Å². The molecule has 1 aromatic rings. The minimum Gasteiger partial charge on any atom is -0.507 e. The molecule has 0 spiro atoms. The average molecular weight is 189 g/mol. The van der Waals surface area contributed by atoms with Crippen LogP contribution in [0.4, 0.5) is 0 Å². The second-order valence-electron chi connectivity index (χ2n) is 2.60. The molecule has 0 radical (unpaired) electrons. The van der Waals surface area contributed by atoms with E-state index in [1.54, 1.807) is 25.3 Å². The highest BCUT2D eigenvalue weighted by atomic mass is 16.5. The lowest BCUT2D eigenvalue weighted by Crippen LogP contribution is -1.87. The number of hydrogen-bond acceptors (Lipinski definition) is 3. The first-order valence-electron chi connectivity index (χ1n) is 4.08. The minimum absolute atomic E-state index is 0.159. The zero-order valence-electron chi connectivity index (χ0n) is 7.90. The molecular formula is C11H11NO2. The molecule has 0 aromatic heterocycles. The maximum atomic E-state index is 9.43. The van der Waals surface area contributed by atoms with Gasteiger partial charge in [0.05, 0.1) is 13.7 Å². The second-order valence-corrected chi connectivity index (χ2v) is 2.60. The van der Waals surface area contributed by atoms with E-state index in [1.165, 1.54) is 6.21 Å². The molecule has 0 aliphatic rings. The molecule has 1 aromatic carbocycles. The molecule has 0 aliphatic carbocycles. The van der Waals surface area contributed by atoms with Gasteiger partial charge < -0.3 is 9.84 Å². The van der Waals surface area contributed by atoms with Crippen LogP contribution in [-0.2, 0) is 0 Å². The molecule has 0 atom stereocenters. The quantitative estimate of drug-likeness (QED) is 0.577. The van der Waals surface area contributed by atoms with Crippen LogP contribution in [0.2, 0.25) is 0 Å². The molecule has 72 valence electrons. The van der Waals surface area contributed by atoms with Crippen LogP contribution >= 0.6 is 0 Å². The molecule has 0 aliphatic heterocycles. The minimum atomic E-state index is 0.159. The largest absolute Gasteiger partial charge is 0.507 e. The lowest BCUT2D eigenvalue weighted by Gasteiger charge is -2.02. The summed E-state index contributed by atoms with van der Waals surface area (Å²) >= 11 is 0. The second kappa shape index (κ2) is 4.93. The summed E-state index contributed by atoms with van der Waals surface area (Å²) < 4.78 is 5.00. The number of phenolic OH excluding ortho intramolecular Hbond substituents is 1. The number of methoxy groups -OCH3 is 1. The standard InChI is InChI=1S/C11H11NO2/c1-3-6-12-8-9-7-10(14-2)4-5-11(9)13/h1,4-5,7-8,13H,6H2,2H3. The van der Waals surface area contributed by atoms with E-state index in [0.29, 0.717) is 17.9 Å². The molecule has 3 nitrogen and oxygen atoms in total. The summed E-state index contributed by atoms with van der Waals surface area (Å²) in [6.07, 6.45) is 6.56. The van der Waals surface area contributed by atoms with Gasteiger partial charge in [0, 0.05) is 11.8 Å². The summed E-state index contributed by atoms with van der Waals surface area (Å²) in [5.74, 6) is 3.21. The van der Waals surface area contributed by atoms with E-state index in [1.807, 2.05) is 0 Å². The van der Waals surface area contributed by atoms with Gasteiger partial charge in [-0.25, -0.2) is 0 Å². The van der Waals surface area contributed by atoms with Gasteiger partial charge in [-0.1, -0.05) is 5.92 Å². The van der Waals surface area contributed by atoms with Gasteiger partial charge >= 0.3 is 0 Å². The van der Waals surface area contributed by atoms with Gasteiger partial charge in [0.2, 0.25) is 0 Å². The maximum Gasteiger partial charge on any atom is 0.124 e. The Labute approximate surface area is 83.1 Å². The fourth-order valence-electron chi connectivity index (χ4n) is 0.960. The predicted octanol–water partition coefficient (Wildman–Crippen LogP) is 1.45. The first kappa shape index (κ1) is 10.1. The number of ether oxygens (including phenoxy) is 1. The maximum absolute atomic E-state index is 9.43. The van der Waals surface area contributed by atoms with Crippen molar-refractivity contribution in [1.29, 1.82) is 0 Å². The van der Waals surface area contributed by atoms with Crippen LogP contribution < -0.4 is 4.74 Å². The summed E-state index contributed by atoms with van der Waals surface area (Å²) in [7, 11) is 1.56. The molecule has 0 saturated heterocycles. The van der Waals surface area contributed by atoms with Crippen LogP contribution in [0, 0.1) is 12.3 Å². The summed E-state index contributed by atoms with van der Waals surface area (Å²) in [6, 6.07) is 4.92. The number of phenols is 1. The van der Waals surface area contributed by atoms with Crippen molar-refractivity contribution in [1.82, 2.24) is 0 Å². The monoisotopic (exact) mass is 189 g/mol. The molecule has 0 bridgehead atoms. The van der Waals surface area contributed by atoms with Crippen molar-refractivity contribution in [3.05, 3.63) is 23.8 Å². The van der Waals surface area contributed by atoms with Crippen LogP contribution in [0.5, 0.6) is 11.5 Å². The third-order valence-corrected chi connectivity index (χ3v) is 1.65. The summed E-state index contributed by atoms with van der Waals surface area (Å²) in [4.78, 5) is 3.92. The molecule has 1 rings (SSSR count). The lowest BCUT2D eigenvalue weighted by atomic mass is 10.2. The van der Waals surface area contributed by atoms with E-state index in [-0.39, 0.29) is 5.75 Å². The molecule has 1 N–H and O–H groups in total. The van der Waals surface area contributed by atoms with E-state index >= 15 is 0 Å². The first-order valence-corrected chi connectivity index (χ1v) is 4.08. The molecule has 0 amide bonds. The van der Waals surface area contributed by atoms with Gasteiger partial charge in [-0.2, -0.15) is 0 Å². The lowest BCUT2D eigenvalue weighted by molar-refractivity contribution is 0.412. The van der Waals surface area contributed by atoms with Crippen LogP contribution in [-0.4, -0.2) is 25.0 Å². The SMILES string of the molecule is C#CCN=Cc1cc(OC)ccc1O. The Kier molecular flexibility index (Phi) is 3.57. The number of terminal acetylenes is 1. The molecule has 0 unspecified atom stereocenters. The Morgan fingerprint density at radius 2 is 2.43 bits per heavy atom. The highest BCUT2D eigenvalue weighted by Crippen LogP contribution is 2.20. The Balaban J connectivity index is 2.90. The third-order valence-electron chi connectivity index (χ3n) is 1.65. The van der Waals surface area contributed by atoms with Crippen molar-refractivity contribution in [2.24, 2.45) is 4.99 Å². The predicted molar refractivity (Wildman–Crippen MR) is 56.0 cm³/mol. The number of rotatable bonds is 3. The normalized spacial score (nSPS) is 10.0. The fourth-order valence-corrected chi connectivity index (χ4v) is 0.960. The number of hydrogen-bond donors (Lipinski definition) is 1. The van der Waals surface area contributed by atoms with Crippen LogP contribution in [0.15, 0.2) is 23.2 Å². The van der Waals surface area contributed by atoms with Crippen LogP contribution in [0.1, 0.15) is 5.56 Å². The van der Waals surface area contributed by atoms with Gasteiger partial charge in [-0.3, -0.25) is 4.99 Å². The zero-order chi connectivity index (χ0) is 10.4. The molecule has 14 heavy (non-hydrogen) atoms. The van der Waals surface area contributed by atoms with Crippen LogP contribution in [0.3, 0.4) is 0 Å². The van der Waals surface area contributed by atoms with Gasteiger partial charge in [-0.05, 0) is 18.2 Å². The molecule has 3 heteroatoms. The Bertz CT molecular complexity index is 377. The van der Waals surface area contributed by atoms with Gasteiger partial charge in [0.1, 0.15) is 11.5 Å². The highest BCUT2D eigenvalue weighted by molar-refractivity contribution is 5.84. The number of nitrogens with zero attached hydrogens (tertiary/aromatic N) is 1. The van der Waals surface area contributed by atoms with Gasteiger partial charge in [0.25, 0.3) is 0 Å². The fraction of sp³-hybridized carbons (Fsp3) is 0.182. The van der Waals surface area contributed by atoms with E-state index in [4.69, 9.17) is 11.2 Å². The van der Waals surface area contributed by atoms with E-state index < -0.39 is 0 Å². The number of benzene rings is 1. The molecule has 0 saturated carbocycles. The summed E-state index contributed by atoms with van der Waals surface area (Å²) in [6.45, 7) is 0.302. The van der Waals surface area contributed by atoms with E-state index in [0.717, 1.165) is 0 Å². The highest BCUT2D eigenvalue weighted by Gasteiger charge is 1.99. The average Bonchev–Trinajstić information content (AvgIpc) is 2.21. The summed E-state index contributed by atoms with van der Waals surface area (Å²) in [5.41, 5.74) is 0.597. The van der Waals surface area contributed by atoms with E-state index in [2.05, 4.69) is 10.9 Å². The Morgan fingerprint density at radius 3 is 3.07 bits per heavy atom. The Morgan fingerprint density at radius 1 is 1.64 bits per heavy atom. The van der Waals surface area contributed by atoms with Crippen molar-refractivity contribution in [3.63, 3.8) is 0 Å². The van der Waals surface area contributed by atoms with Gasteiger partial charge in [-0.15, -0.1) is 6.42 Å². The van der Waals surface area contributed by atoms with E-state index in [9.17, 15) is 5.11 Å². The Hall–Kier alpha value is -1.95. The molecular weight excluding hydrogens is 178 g/mol. The van der Waals surface area contributed by atoms with Crippen molar-refractivity contribution in [3.8, 4) is 23.8 Å². The first-order chi connectivity index (χ1) is 6.77. The van der Waals surface area contributed by atoms with Crippen molar-refractivity contribution >= 4 is 6.21 Å². The zero-order valence-corrected chi connectivity index (χ0v) is 7.90. The topological polar surface area (TPSA) is 41.8 Å². The van der Waals surface area contributed by atoms with Crippen molar-refractivity contribution in [2.45, 2.75) is 0 Å². The third kappa shape index (κ3) is 2.53. The summed E-state index contributed by atoms with van der Waals surface area (Å²) in [5, 5.41) is 9.43. The molecule has 0 fully saturated rings.